The van der Waals surface area contributed by atoms with Crippen LogP contribution in [0.2, 0.25) is 0 Å². The molecule has 40 heavy (non-hydrogen) atoms. The Balaban J connectivity index is 1.63. The molecular formula is C28H32F2N6O4. The first-order chi connectivity index (χ1) is 19.1. The number of anilines is 5. The summed E-state index contributed by atoms with van der Waals surface area (Å²) in [6, 6.07) is 10.3. The van der Waals surface area contributed by atoms with Gasteiger partial charge in [0.25, 0.3) is 0 Å². The molecule has 1 aromatic heterocycles. The van der Waals surface area contributed by atoms with Crippen molar-refractivity contribution in [3.63, 3.8) is 0 Å². The lowest BCUT2D eigenvalue weighted by atomic mass is 10.1. The highest BCUT2D eigenvalue weighted by Gasteiger charge is 2.22. The number of carbonyl (C=O) groups excluding carboxylic acids is 2. The average molecular weight is 555 g/mol. The molecule has 0 saturated heterocycles. The van der Waals surface area contributed by atoms with E-state index in [1.807, 2.05) is 13.8 Å². The van der Waals surface area contributed by atoms with E-state index in [1.165, 1.54) is 12.1 Å². The second-order valence-electron chi connectivity index (χ2n) is 9.13. The Morgan fingerprint density at radius 3 is 2.42 bits per heavy atom. The van der Waals surface area contributed by atoms with Gasteiger partial charge in [-0.15, -0.1) is 0 Å². The molecule has 1 amide bonds. The summed E-state index contributed by atoms with van der Waals surface area (Å²) in [5.74, 6) is -2.29. The standard InChI is InChI=1S/C28H32F2N6O4/c1-6-24(37)33-18-8-7-9-19(12-18)34-26-22(30)14-32-28(36-26)35-20-10-11-23(21(29)13-20)40-17(4)15-39-27(38)25(31-5)16(2)3/h6-14,16-17,25,31H,1,15H2,2-5H3,(H,33,37)(H2,32,34,35,36)/t17-,25+/m1/s1. The van der Waals surface area contributed by atoms with Crippen molar-refractivity contribution in [3.05, 3.63) is 73.0 Å². The van der Waals surface area contributed by atoms with E-state index in [0.717, 1.165) is 12.3 Å². The van der Waals surface area contributed by atoms with Gasteiger partial charge >= 0.3 is 5.97 Å². The fourth-order valence-electron chi connectivity index (χ4n) is 3.59. The van der Waals surface area contributed by atoms with E-state index in [4.69, 9.17) is 9.47 Å². The lowest BCUT2D eigenvalue weighted by Crippen LogP contribution is -2.41. The number of aromatic nitrogens is 2. The quantitative estimate of drug-likeness (QED) is 0.172. The van der Waals surface area contributed by atoms with Gasteiger partial charge in [-0.1, -0.05) is 26.5 Å². The van der Waals surface area contributed by atoms with Crippen LogP contribution in [-0.2, 0) is 14.3 Å². The molecular weight excluding hydrogens is 522 g/mol. The molecule has 212 valence electrons. The first-order valence-electron chi connectivity index (χ1n) is 12.5. The molecule has 10 nitrogen and oxygen atoms in total. The Labute approximate surface area is 231 Å². The summed E-state index contributed by atoms with van der Waals surface area (Å²) in [7, 11) is 1.68. The molecule has 2 atom stereocenters. The maximum absolute atomic E-state index is 14.8. The number of ether oxygens (including phenoxy) is 2. The van der Waals surface area contributed by atoms with Gasteiger partial charge in [0.05, 0.1) is 6.20 Å². The average Bonchev–Trinajstić information content (AvgIpc) is 2.91. The summed E-state index contributed by atoms with van der Waals surface area (Å²) >= 11 is 0. The van der Waals surface area contributed by atoms with Crippen LogP contribution < -0.4 is 26.0 Å². The fraction of sp³-hybridized carbons (Fsp3) is 0.286. The number of benzene rings is 2. The molecule has 2 aromatic carbocycles. The van der Waals surface area contributed by atoms with E-state index >= 15 is 0 Å². The predicted molar refractivity (Wildman–Crippen MR) is 149 cm³/mol. The molecule has 0 bridgehead atoms. The number of hydrogen-bond acceptors (Lipinski definition) is 9. The second kappa shape index (κ2) is 14.0. The lowest BCUT2D eigenvalue weighted by Gasteiger charge is -2.21. The van der Waals surface area contributed by atoms with Gasteiger partial charge in [-0.25, -0.2) is 13.8 Å². The molecule has 0 fully saturated rings. The number of halogens is 2. The van der Waals surface area contributed by atoms with E-state index in [1.54, 1.807) is 44.3 Å². The third-order valence-electron chi connectivity index (χ3n) is 5.53. The third kappa shape index (κ3) is 8.46. The smallest absolute Gasteiger partial charge is 0.323 e. The molecule has 0 radical (unpaired) electrons. The largest absolute Gasteiger partial charge is 0.484 e. The zero-order chi connectivity index (χ0) is 29.2. The maximum atomic E-state index is 14.8. The normalized spacial score (nSPS) is 12.3. The first-order valence-corrected chi connectivity index (χ1v) is 12.5. The van der Waals surface area contributed by atoms with Crippen LogP contribution in [0, 0.1) is 17.6 Å². The molecule has 0 aliphatic carbocycles. The Morgan fingerprint density at radius 2 is 1.75 bits per heavy atom. The summed E-state index contributed by atoms with van der Waals surface area (Å²) in [6.07, 6.45) is 1.50. The van der Waals surface area contributed by atoms with Crippen LogP contribution in [0.5, 0.6) is 5.75 Å². The van der Waals surface area contributed by atoms with Gasteiger partial charge in [-0.2, -0.15) is 4.98 Å². The Bertz CT molecular complexity index is 1350. The van der Waals surface area contributed by atoms with Crippen molar-refractivity contribution in [3.8, 4) is 5.75 Å². The molecule has 12 heteroatoms. The van der Waals surface area contributed by atoms with Crippen molar-refractivity contribution < 1.29 is 27.8 Å². The molecule has 3 aromatic rings. The second-order valence-corrected chi connectivity index (χ2v) is 9.13. The van der Waals surface area contributed by atoms with E-state index < -0.39 is 29.7 Å². The molecule has 4 N–H and O–H groups in total. The van der Waals surface area contributed by atoms with Crippen LogP contribution in [-0.4, -0.2) is 47.6 Å². The molecule has 0 aliphatic heterocycles. The molecule has 3 rings (SSSR count). The van der Waals surface area contributed by atoms with Crippen molar-refractivity contribution in [2.24, 2.45) is 5.92 Å². The number of likely N-dealkylation sites (N-methyl/N-ethyl adjacent to an activating group) is 1. The Kier molecular flexibility index (Phi) is 10.5. The third-order valence-corrected chi connectivity index (χ3v) is 5.53. The zero-order valence-corrected chi connectivity index (χ0v) is 22.6. The van der Waals surface area contributed by atoms with Crippen LogP contribution in [0.25, 0.3) is 0 Å². The highest BCUT2D eigenvalue weighted by Crippen LogP contribution is 2.26. The van der Waals surface area contributed by atoms with Gasteiger partial charge in [-0.3, -0.25) is 9.59 Å². The van der Waals surface area contributed by atoms with Crippen molar-refractivity contribution in [2.45, 2.75) is 32.9 Å². The van der Waals surface area contributed by atoms with Crippen LogP contribution in [0.15, 0.2) is 61.3 Å². The van der Waals surface area contributed by atoms with E-state index in [-0.39, 0.29) is 35.9 Å². The predicted octanol–water partition coefficient (Wildman–Crippen LogP) is 4.92. The summed E-state index contributed by atoms with van der Waals surface area (Å²) in [5, 5.41) is 11.2. The SMILES string of the molecule is C=CC(=O)Nc1cccc(Nc2nc(Nc3ccc(O[C@H](C)COC(=O)[C@@H](NC)C(C)C)c(F)c3)ncc2F)c1. The topological polar surface area (TPSA) is 127 Å². The van der Waals surface area contributed by atoms with Crippen LogP contribution in [0.1, 0.15) is 20.8 Å². The lowest BCUT2D eigenvalue weighted by molar-refractivity contribution is -0.149. The van der Waals surface area contributed by atoms with Crippen molar-refractivity contribution in [1.82, 2.24) is 15.3 Å². The van der Waals surface area contributed by atoms with Gasteiger partial charge in [0.15, 0.2) is 23.2 Å². The first kappa shape index (κ1) is 30.0. The van der Waals surface area contributed by atoms with Gasteiger partial charge in [-0.05, 0) is 56.3 Å². The number of esters is 1. The number of nitrogens with zero attached hydrogens (tertiary/aromatic N) is 2. The summed E-state index contributed by atoms with van der Waals surface area (Å²) < 4.78 is 40.0. The summed E-state index contributed by atoms with van der Waals surface area (Å²) in [6.45, 7) is 8.80. The number of rotatable bonds is 13. The van der Waals surface area contributed by atoms with Crippen LogP contribution in [0.4, 0.5) is 37.6 Å². The molecule has 1 heterocycles. The molecule has 0 saturated carbocycles. The number of nitrogens with one attached hydrogen (secondary N) is 4. The van der Waals surface area contributed by atoms with Gasteiger partial charge in [0.1, 0.15) is 18.8 Å². The Hall–Kier alpha value is -4.58. The minimum Gasteiger partial charge on any atom is -0.484 e. The van der Waals surface area contributed by atoms with E-state index in [9.17, 15) is 18.4 Å². The van der Waals surface area contributed by atoms with E-state index in [2.05, 4.69) is 37.8 Å². The summed E-state index contributed by atoms with van der Waals surface area (Å²) in [4.78, 5) is 31.8. The minimum atomic E-state index is -0.717. The van der Waals surface area contributed by atoms with Gasteiger partial charge in [0, 0.05) is 23.1 Å². The number of carbonyl (C=O) groups is 2. The minimum absolute atomic E-state index is 0.0117. The number of hydrogen-bond donors (Lipinski definition) is 4. The Morgan fingerprint density at radius 1 is 1.02 bits per heavy atom. The van der Waals surface area contributed by atoms with E-state index in [0.29, 0.717) is 17.1 Å². The monoisotopic (exact) mass is 554 g/mol. The van der Waals surface area contributed by atoms with Crippen molar-refractivity contribution in [2.75, 3.05) is 29.6 Å². The number of amides is 1. The van der Waals surface area contributed by atoms with Crippen LogP contribution in [0.3, 0.4) is 0 Å². The van der Waals surface area contributed by atoms with Gasteiger partial charge < -0.3 is 30.7 Å². The highest BCUT2D eigenvalue weighted by atomic mass is 19.1. The molecule has 0 aliphatic rings. The zero-order valence-electron chi connectivity index (χ0n) is 22.6. The summed E-state index contributed by atoms with van der Waals surface area (Å²) in [5.41, 5.74) is 1.23. The van der Waals surface area contributed by atoms with Gasteiger partial charge in [0.2, 0.25) is 11.9 Å². The van der Waals surface area contributed by atoms with Crippen molar-refractivity contribution >= 4 is 40.7 Å². The molecule has 0 spiro atoms. The fourth-order valence-corrected chi connectivity index (χ4v) is 3.59. The van der Waals surface area contributed by atoms with Crippen molar-refractivity contribution in [1.29, 1.82) is 0 Å². The maximum Gasteiger partial charge on any atom is 0.323 e. The molecule has 0 unspecified atom stereocenters. The van der Waals surface area contributed by atoms with Crippen LogP contribution >= 0.6 is 0 Å². The highest BCUT2D eigenvalue weighted by molar-refractivity contribution is 5.99.